The van der Waals surface area contributed by atoms with Crippen molar-refractivity contribution in [3.05, 3.63) is 53.6 Å². The molecule has 7 N–H and O–H groups in total. The van der Waals surface area contributed by atoms with Crippen LogP contribution in [0.1, 0.15) is 28.4 Å². The van der Waals surface area contributed by atoms with Crippen LogP contribution in [0.2, 0.25) is 0 Å². The zero-order chi connectivity index (χ0) is 27.8. The lowest BCUT2D eigenvalue weighted by Gasteiger charge is -2.44. The fourth-order valence-corrected chi connectivity index (χ4v) is 4.82. The Labute approximate surface area is 222 Å². The van der Waals surface area contributed by atoms with E-state index in [1.165, 1.54) is 6.07 Å². The van der Waals surface area contributed by atoms with Crippen molar-refractivity contribution >= 4 is 5.78 Å². The Hall–Kier alpha value is -2.85. The summed E-state index contributed by atoms with van der Waals surface area (Å²) in [5, 5.41) is 71.3. The van der Waals surface area contributed by atoms with Gasteiger partial charge in [-0.05, 0) is 5.56 Å². The number of ether oxygens (including phenoxy) is 5. The number of carbonyl (C=O) groups excluding carboxylic acids is 1. The van der Waals surface area contributed by atoms with Crippen molar-refractivity contribution in [3.63, 3.8) is 0 Å². The molecular formula is C26H30O13. The van der Waals surface area contributed by atoms with E-state index in [2.05, 4.69) is 0 Å². The number of hydrogen-bond donors (Lipinski definition) is 7. The van der Waals surface area contributed by atoms with E-state index in [1.807, 2.05) is 6.07 Å². The molecule has 0 spiro atoms. The van der Waals surface area contributed by atoms with Gasteiger partial charge < -0.3 is 59.4 Å². The summed E-state index contributed by atoms with van der Waals surface area (Å²) in [6, 6.07) is 11.5. The summed E-state index contributed by atoms with van der Waals surface area (Å²) < 4.78 is 28.3. The van der Waals surface area contributed by atoms with Crippen molar-refractivity contribution in [1.82, 2.24) is 0 Å². The number of fused-ring (bicyclic) bond motifs is 1. The number of phenols is 1. The average molecular weight is 551 g/mol. The molecule has 0 bridgehead atoms. The van der Waals surface area contributed by atoms with Gasteiger partial charge >= 0.3 is 0 Å². The molecule has 3 heterocycles. The number of aliphatic hydroxyl groups is 6. The molecule has 10 unspecified atom stereocenters. The first-order chi connectivity index (χ1) is 18.7. The van der Waals surface area contributed by atoms with Gasteiger partial charge in [0.2, 0.25) is 6.29 Å². The predicted molar refractivity (Wildman–Crippen MR) is 128 cm³/mol. The number of hydrogen-bond acceptors (Lipinski definition) is 13. The van der Waals surface area contributed by atoms with E-state index in [9.17, 15) is 40.5 Å². The van der Waals surface area contributed by atoms with Gasteiger partial charge in [0.15, 0.2) is 18.2 Å². The lowest BCUT2D eigenvalue weighted by Crippen LogP contribution is -2.63. The molecule has 13 heteroatoms. The van der Waals surface area contributed by atoms with Crippen LogP contribution in [-0.4, -0.2) is 110 Å². The van der Waals surface area contributed by atoms with Crippen molar-refractivity contribution in [3.8, 4) is 17.2 Å². The minimum Gasteiger partial charge on any atom is -0.507 e. The summed E-state index contributed by atoms with van der Waals surface area (Å²) >= 11 is 0. The van der Waals surface area contributed by atoms with Crippen LogP contribution in [0.25, 0.3) is 0 Å². The SMILES string of the molecule is O=C1CC(c2ccccc2)Oc2cc(OC3OC(CO)C(O)C(O)C3OC3OCC(O)C(O)C3O)cc(O)c21. The zero-order valence-electron chi connectivity index (χ0n) is 20.5. The van der Waals surface area contributed by atoms with Crippen molar-refractivity contribution < 1.29 is 64.2 Å². The Morgan fingerprint density at radius 2 is 1.67 bits per heavy atom. The topological polar surface area (TPSA) is 205 Å². The second-order valence-electron chi connectivity index (χ2n) is 9.64. The molecule has 0 saturated carbocycles. The highest BCUT2D eigenvalue weighted by molar-refractivity contribution is 6.02. The Morgan fingerprint density at radius 1 is 0.923 bits per heavy atom. The molecule has 0 aromatic heterocycles. The van der Waals surface area contributed by atoms with Crippen molar-refractivity contribution in [2.24, 2.45) is 0 Å². The molecule has 0 amide bonds. The molecule has 2 fully saturated rings. The normalized spacial score (nSPS) is 36.6. The largest absolute Gasteiger partial charge is 0.507 e. The maximum Gasteiger partial charge on any atom is 0.229 e. The van der Waals surface area contributed by atoms with Gasteiger partial charge in [0.05, 0.1) is 19.6 Å². The van der Waals surface area contributed by atoms with E-state index in [4.69, 9.17) is 23.7 Å². The Balaban J connectivity index is 1.41. The van der Waals surface area contributed by atoms with Gasteiger partial charge in [-0.1, -0.05) is 30.3 Å². The first-order valence-electron chi connectivity index (χ1n) is 12.4. The second-order valence-corrected chi connectivity index (χ2v) is 9.64. The molecule has 5 rings (SSSR count). The third kappa shape index (κ3) is 5.45. The van der Waals surface area contributed by atoms with Gasteiger partial charge in [0, 0.05) is 12.1 Å². The van der Waals surface area contributed by atoms with Crippen LogP contribution in [0.4, 0.5) is 0 Å². The third-order valence-electron chi connectivity index (χ3n) is 6.97. The quantitative estimate of drug-likeness (QED) is 0.225. The van der Waals surface area contributed by atoms with Gasteiger partial charge in [-0.3, -0.25) is 4.79 Å². The van der Waals surface area contributed by atoms with Crippen molar-refractivity contribution in [1.29, 1.82) is 0 Å². The number of Topliss-reactive ketones (excluding diaryl/α,β-unsaturated/α-hetero) is 1. The smallest absolute Gasteiger partial charge is 0.229 e. The summed E-state index contributed by atoms with van der Waals surface area (Å²) in [7, 11) is 0. The van der Waals surface area contributed by atoms with Gasteiger partial charge in [-0.15, -0.1) is 0 Å². The van der Waals surface area contributed by atoms with Crippen LogP contribution in [0.3, 0.4) is 0 Å². The van der Waals surface area contributed by atoms with E-state index < -0.39 is 73.8 Å². The molecule has 0 aliphatic carbocycles. The lowest BCUT2D eigenvalue weighted by molar-refractivity contribution is -0.344. The number of carbonyl (C=O) groups is 1. The Morgan fingerprint density at radius 3 is 2.38 bits per heavy atom. The standard InChI is InChI=1S/C26H30O13/c27-9-18-21(32)22(33)24(39-25-23(34)20(31)15(30)10-35-25)26(38-18)36-12-6-13(28)19-14(29)8-16(37-17(19)7-12)11-4-2-1-3-5-11/h1-7,15-16,18,20-28,30-34H,8-10H2. The van der Waals surface area contributed by atoms with Gasteiger partial charge in [0.1, 0.15) is 65.5 Å². The van der Waals surface area contributed by atoms with E-state index in [1.54, 1.807) is 24.3 Å². The van der Waals surface area contributed by atoms with Crippen molar-refractivity contribution in [2.75, 3.05) is 13.2 Å². The Kier molecular flexibility index (Phi) is 8.05. The minimum absolute atomic E-state index is 0.0128. The van der Waals surface area contributed by atoms with Crippen LogP contribution in [0, 0.1) is 0 Å². The average Bonchev–Trinajstić information content (AvgIpc) is 2.92. The van der Waals surface area contributed by atoms with E-state index in [-0.39, 0.29) is 35.9 Å². The Bertz CT molecular complexity index is 1160. The van der Waals surface area contributed by atoms with Crippen LogP contribution in [-0.2, 0) is 14.2 Å². The summed E-state index contributed by atoms with van der Waals surface area (Å²) in [5.74, 6) is -0.778. The van der Waals surface area contributed by atoms with E-state index in [0.717, 1.165) is 11.6 Å². The fraction of sp³-hybridized carbons (Fsp3) is 0.500. The molecule has 39 heavy (non-hydrogen) atoms. The first-order valence-corrected chi connectivity index (χ1v) is 12.4. The van der Waals surface area contributed by atoms with Crippen LogP contribution >= 0.6 is 0 Å². The molecular weight excluding hydrogens is 520 g/mol. The van der Waals surface area contributed by atoms with Crippen LogP contribution < -0.4 is 9.47 Å². The molecule has 2 aromatic carbocycles. The lowest BCUT2D eigenvalue weighted by atomic mass is 9.95. The van der Waals surface area contributed by atoms with Gasteiger partial charge in [-0.2, -0.15) is 0 Å². The predicted octanol–water partition coefficient (Wildman–Crippen LogP) is -1.26. The van der Waals surface area contributed by atoms with Crippen LogP contribution in [0.15, 0.2) is 42.5 Å². The van der Waals surface area contributed by atoms with E-state index in [0.29, 0.717) is 0 Å². The van der Waals surface area contributed by atoms with Crippen molar-refractivity contribution in [2.45, 2.75) is 67.8 Å². The number of phenolic OH excluding ortho intramolecular Hbond substituents is 1. The second kappa shape index (κ2) is 11.3. The highest BCUT2D eigenvalue weighted by atomic mass is 16.8. The minimum atomic E-state index is -1.72. The van der Waals surface area contributed by atoms with Gasteiger partial charge in [-0.25, -0.2) is 0 Å². The maximum atomic E-state index is 12.8. The summed E-state index contributed by atoms with van der Waals surface area (Å²) in [4.78, 5) is 12.8. The highest BCUT2D eigenvalue weighted by Crippen LogP contribution is 2.42. The molecule has 2 saturated heterocycles. The number of aromatic hydroxyl groups is 1. The summed E-state index contributed by atoms with van der Waals surface area (Å²) in [6.45, 7) is -1.07. The third-order valence-corrected chi connectivity index (χ3v) is 6.97. The first kappa shape index (κ1) is 27.7. The van der Waals surface area contributed by atoms with Crippen LogP contribution in [0.5, 0.6) is 17.2 Å². The molecule has 0 radical (unpaired) electrons. The molecule has 212 valence electrons. The zero-order valence-corrected chi connectivity index (χ0v) is 20.5. The maximum absolute atomic E-state index is 12.8. The highest BCUT2D eigenvalue weighted by Gasteiger charge is 2.50. The monoisotopic (exact) mass is 550 g/mol. The summed E-state index contributed by atoms with van der Waals surface area (Å²) in [5.41, 5.74) is 0.731. The molecule has 3 aliphatic rings. The van der Waals surface area contributed by atoms with E-state index >= 15 is 0 Å². The molecule has 3 aliphatic heterocycles. The number of benzene rings is 2. The number of rotatable bonds is 6. The molecule has 2 aromatic rings. The summed E-state index contributed by atoms with van der Waals surface area (Å²) in [6.07, 6.45) is -14.5. The fourth-order valence-electron chi connectivity index (χ4n) is 4.82. The number of aliphatic hydroxyl groups excluding tert-OH is 6. The molecule has 10 atom stereocenters. The van der Waals surface area contributed by atoms with Gasteiger partial charge in [0.25, 0.3) is 0 Å². The number of ketones is 1. The molecule has 13 nitrogen and oxygen atoms in total.